The van der Waals surface area contributed by atoms with Gasteiger partial charge in [-0.15, -0.1) is 0 Å². The van der Waals surface area contributed by atoms with Crippen molar-refractivity contribution in [3.63, 3.8) is 0 Å². The molecule has 1 saturated heterocycles. The molecule has 1 spiro atoms. The Kier molecular flexibility index (Phi) is 4.94. The van der Waals surface area contributed by atoms with Crippen LogP contribution in [0.25, 0.3) is 22.3 Å². The fraction of sp³-hybridized carbons (Fsp3) is 0.308. The fourth-order valence-corrected chi connectivity index (χ4v) is 4.77. The third kappa shape index (κ3) is 3.85. The predicted octanol–water partition coefficient (Wildman–Crippen LogP) is 4.51. The molecule has 2 fully saturated rings. The van der Waals surface area contributed by atoms with E-state index in [0.29, 0.717) is 28.0 Å². The summed E-state index contributed by atoms with van der Waals surface area (Å²) in [6, 6.07) is 15.8. The first-order valence-electron chi connectivity index (χ1n) is 11.6. The second-order valence-corrected chi connectivity index (χ2v) is 9.24. The molecule has 0 atom stereocenters. The second kappa shape index (κ2) is 8.13. The van der Waals surface area contributed by atoms with Gasteiger partial charge in [0.05, 0.1) is 13.3 Å². The van der Waals surface area contributed by atoms with Gasteiger partial charge in [0.2, 0.25) is 0 Å². The normalized spacial score (nSPS) is 16.6. The quantitative estimate of drug-likeness (QED) is 0.458. The van der Waals surface area contributed by atoms with Crippen LogP contribution in [0.2, 0.25) is 0 Å². The first-order chi connectivity index (χ1) is 16.6. The summed E-state index contributed by atoms with van der Waals surface area (Å²) in [6.07, 6.45) is 6.95. The molecule has 172 valence electrons. The minimum absolute atomic E-state index is 0.333. The van der Waals surface area contributed by atoms with Crippen molar-refractivity contribution >= 4 is 28.1 Å². The number of anilines is 3. The van der Waals surface area contributed by atoms with Gasteiger partial charge in [0, 0.05) is 30.0 Å². The Morgan fingerprint density at radius 1 is 0.971 bits per heavy atom. The molecule has 2 aromatic heterocycles. The van der Waals surface area contributed by atoms with Crippen molar-refractivity contribution in [3.8, 4) is 17.1 Å². The van der Waals surface area contributed by atoms with E-state index in [9.17, 15) is 4.79 Å². The minimum atomic E-state index is -0.333. The maximum Gasteiger partial charge on any atom is 0.277 e. The van der Waals surface area contributed by atoms with Gasteiger partial charge in [-0.05, 0) is 79.6 Å². The monoisotopic (exact) mass is 454 g/mol. The highest BCUT2D eigenvalue weighted by Gasteiger charge is 2.44. The molecule has 34 heavy (non-hydrogen) atoms. The highest BCUT2D eigenvalue weighted by atomic mass is 16.5. The highest BCUT2D eigenvalue weighted by molar-refractivity contribution is 5.91. The molecule has 3 heterocycles. The summed E-state index contributed by atoms with van der Waals surface area (Å²) >= 11 is 0. The Labute approximate surface area is 197 Å². The number of nitrogens with zero attached hydrogens (tertiary/aromatic N) is 4. The second-order valence-electron chi connectivity index (χ2n) is 9.24. The van der Waals surface area contributed by atoms with E-state index in [-0.39, 0.29) is 5.56 Å². The predicted molar refractivity (Wildman–Crippen MR) is 133 cm³/mol. The number of rotatable bonds is 5. The number of aromatic nitrogens is 4. The van der Waals surface area contributed by atoms with Gasteiger partial charge in [-0.2, -0.15) is 5.10 Å². The number of nitrogens with one attached hydrogen (secondary N) is 2. The van der Waals surface area contributed by atoms with Crippen LogP contribution < -0.4 is 20.5 Å². The number of aromatic amines is 1. The number of fused-ring (bicyclic) bond motifs is 1. The molecule has 0 radical (unpaired) electrons. The van der Waals surface area contributed by atoms with Crippen molar-refractivity contribution < 1.29 is 4.74 Å². The van der Waals surface area contributed by atoms with Crippen LogP contribution in [0.5, 0.6) is 5.75 Å². The SMILES string of the molecule is COc1ccc(-c2nc(Nc3ccc(N4CCC5(CC4)CC5)cc3)c3c(=O)[nH]ncc3n2)cc1. The van der Waals surface area contributed by atoms with Crippen molar-refractivity contribution in [3.05, 3.63) is 65.1 Å². The summed E-state index contributed by atoms with van der Waals surface area (Å²) < 4.78 is 5.25. The van der Waals surface area contributed by atoms with Gasteiger partial charge in [0.1, 0.15) is 22.5 Å². The van der Waals surface area contributed by atoms with Gasteiger partial charge in [0.15, 0.2) is 5.82 Å². The van der Waals surface area contributed by atoms with Crippen LogP contribution >= 0.6 is 0 Å². The molecule has 2 aromatic carbocycles. The maximum atomic E-state index is 12.6. The van der Waals surface area contributed by atoms with Crippen LogP contribution in [0, 0.1) is 5.41 Å². The Morgan fingerprint density at radius 3 is 2.38 bits per heavy atom. The lowest BCUT2D eigenvalue weighted by atomic mass is 9.93. The van der Waals surface area contributed by atoms with Crippen LogP contribution in [-0.2, 0) is 0 Å². The molecule has 6 rings (SSSR count). The number of ether oxygens (including phenoxy) is 1. The molecule has 1 aliphatic carbocycles. The molecule has 0 bridgehead atoms. The summed E-state index contributed by atoms with van der Waals surface area (Å²) in [7, 11) is 1.63. The third-order valence-electron chi connectivity index (χ3n) is 7.14. The topological polar surface area (TPSA) is 96.0 Å². The van der Waals surface area contributed by atoms with Gasteiger partial charge < -0.3 is 15.0 Å². The summed E-state index contributed by atoms with van der Waals surface area (Å²) in [5.41, 5.74) is 3.72. The van der Waals surface area contributed by atoms with Crippen molar-refractivity contribution in [2.24, 2.45) is 5.41 Å². The van der Waals surface area contributed by atoms with E-state index in [2.05, 4.69) is 37.5 Å². The number of benzene rings is 2. The number of methoxy groups -OCH3 is 1. The zero-order valence-electron chi connectivity index (χ0n) is 19.0. The third-order valence-corrected chi connectivity index (χ3v) is 7.14. The Bertz CT molecular complexity index is 1380. The molecule has 2 N–H and O–H groups in total. The maximum absolute atomic E-state index is 12.6. The minimum Gasteiger partial charge on any atom is -0.497 e. The van der Waals surface area contributed by atoms with Crippen molar-refractivity contribution in [2.75, 3.05) is 30.4 Å². The molecular weight excluding hydrogens is 428 g/mol. The van der Waals surface area contributed by atoms with Crippen molar-refractivity contribution in [2.45, 2.75) is 25.7 Å². The van der Waals surface area contributed by atoms with E-state index in [1.165, 1.54) is 31.4 Å². The van der Waals surface area contributed by atoms with E-state index in [1.54, 1.807) is 13.3 Å². The van der Waals surface area contributed by atoms with Crippen LogP contribution in [0.4, 0.5) is 17.2 Å². The van der Waals surface area contributed by atoms with E-state index < -0.39 is 0 Å². The summed E-state index contributed by atoms with van der Waals surface area (Å²) in [4.78, 5) is 24.3. The Morgan fingerprint density at radius 2 is 1.71 bits per heavy atom. The lowest BCUT2D eigenvalue weighted by molar-refractivity contribution is 0.384. The van der Waals surface area contributed by atoms with Crippen molar-refractivity contribution in [1.29, 1.82) is 0 Å². The van der Waals surface area contributed by atoms with E-state index in [4.69, 9.17) is 9.72 Å². The summed E-state index contributed by atoms with van der Waals surface area (Å²) in [5.74, 6) is 1.70. The van der Waals surface area contributed by atoms with E-state index in [1.807, 2.05) is 36.4 Å². The molecule has 0 amide bonds. The molecule has 8 heteroatoms. The van der Waals surface area contributed by atoms with E-state index in [0.717, 1.165) is 30.1 Å². The zero-order valence-corrected chi connectivity index (χ0v) is 19.0. The molecular formula is C26H26N6O2. The molecule has 1 aliphatic heterocycles. The Balaban J connectivity index is 1.30. The van der Waals surface area contributed by atoms with E-state index >= 15 is 0 Å². The first-order valence-corrected chi connectivity index (χ1v) is 11.6. The lowest BCUT2D eigenvalue weighted by Gasteiger charge is -2.33. The average Bonchev–Trinajstić information content (AvgIpc) is 3.63. The Hall–Kier alpha value is -3.94. The van der Waals surface area contributed by atoms with Crippen LogP contribution in [0.3, 0.4) is 0 Å². The van der Waals surface area contributed by atoms with Gasteiger partial charge in [-0.1, -0.05) is 0 Å². The van der Waals surface area contributed by atoms with Crippen LogP contribution in [0.1, 0.15) is 25.7 Å². The summed E-state index contributed by atoms with van der Waals surface area (Å²) in [5, 5.41) is 10.1. The molecule has 0 unspecified atom stereocenters. The molecule has 4 aromatic rings. The largest absolute Gasteiger partial charge is 0.497 e. The number of hydrogen-bond acceptors (Lipinski definition) is 7. The average molecular weight is 455 g/mol. The lowest BCUT2D eigenvalue weighted by Crippen LogP contribution is -2.34. The van der Waals surface area contributed by atoms with Crippen molar-refractivity contribution in [1.82, 2.24) is 20.2 Å². The molecule has 8 nitrogen and oxygen atoms in total. The van der Waals surface area contributed by atoms with Gasteiger partial charge in [-0.25, -0.2) is 15.1 Å². The molecule has 2 aliphatic rings. The standard InChI is InChI=1S/C26H26N6O2/c1-34-20-8-2-17(3-9-20)23-29-21-16-27-31-25(33)22(21)24(30-23)28-18-4-6-19(7-5-18)32-14-12-26(10-11-26)13-15-32/h2-9,16H,10-15H2,1H3,(H,31,33)(H,28,29,30). The van der Waals surface area contributed by atoms with Crippen LogP contribution in [0.15, 0.2) is 59.5 Å². The first kappa shape index (κ1) is 20.7. The highest BCUT2D eigenvalue weighted by Crippen LogP contribution is 2.53. The van der Waals surface area contributed by atoms with Gasteiger partial charge in [-0.3, -0.25) is 4.79 Å². The smallest absolute Gasteiger partial charge is 0.277 e. The zero-order chi connectivity index (χ0) is 23.1. The summed E-state index contributed by atoms with van der Waals surface area (Å²) in [6.45, 7) is 2.24. The number of piperidine rings is 1. The fourth-order valence-electron chi connectivity index (χ4n) is 4.77. The van der Waals surface area contributed by atoms with Gasteiger partial charge >= 0.3 is 0 Å². The number of H-pyrrole nitrogens is 1. The van der Waals surface area contributed by atoms with Gasteiger partial charge in [0.25, 0.3) is 5.56 Å². The van der Waals surface area contributed by atoms with Crippen LogP contribution in [-0.4, -0.2) is 40.4 Å². The number of hydrogen-bond donors (Lipinski definition) is 2. The molecule has 1 saturated carbocycles.